The van der Waals surface area contributed by atoms with Crippen molar-refractivity contribution in [2.24, 2.45) is 0 Å². The summed E-state index contributed by atoms with van der Waals surface area (Å²) >= 11 is 0. The summed E-state index contributed by atoms with van der Waals surface area (Å²) < 4.78 is 11.0. The largest absolute Gasteiger partial charge is 0.492 e. The maximum atomic E-state index is 12.7. The van der Waals surface area contributed by atoms with Gasteiger partial charge in [0.2, 0.25) is 35.4 Å². The summed E-state index contributed by atoms with van der Waals surface area (Å²) in [5, 5.41) is 15.7. The molecule has 74 heavy (non-hydrogen) atoms. The molecule has 0 fully saturated rings. The Bertz CT molecular complexity index is 2480. The van der Waals surface area contributed by atoms with Gasteiger partial charge in [-0.25, -0.2) is 0 Å². The van der Waals surface area contributed by atoms with Crippen molar-refractivity contribution in [1.82, 2.24) is 21.7 Å². The standard InChI is InChI=1S/C52H64N10O12/c1-5-73-41-19-9-7-17-37(41)55-49(69)51(71)57-39-31-35(29-27-33(39)3)53-43(63)21-11-13-23-45(65)59-61-47(67)25-15-16-26-48(68)62-60-46(66)24-14-12-22-44(64)54-36-30-28-34(4)40(32-36)58-52(72)50(70)56-38-18-8-10-20-42(38)74-6-2/h7-10,17-20,27-32H,5-6,11-16,21-26H2,1-4H3,(H,53,63)(H,54,64)(H,55,69)(H,56,70)(H,57,71)(H,58,72)(H,59,65)(H,60,66)(H,61,67)(H,62,68). The van der Waals surface area contributed by atoms with Crippen LogP contribution in [-0.4, -0.2) is 72.3 Å². The van der Waals surface area contributed by atoms with Crippen LogP contribution in [0.3, 0.4) is 0 Å². The van der Waals surface area contributed by atoms with Crippen molar-refractivity contribution in [1.29, 1.82) is 0 Å². The molecule has 0 saturated heterocycles. The normalized spacial score (nSPS) is 10.4. The van der Waals surface area contributed by atoms with Crippen molar-refractivity contribution in [3.63, 3.8) is 0 Å². The van der Waals surface area contributed by atoms with E-state index in [9.17, 15) is 47.9 Å². The maximum Gasteiger partial charge on any atom is 0.314 e. The summed E-state index contributed by atoms with van der Waals surface area (Å²) in [4.78, 5) is 125. The predicted octanol–water partition coefficient (Wildman–Crippen LogP) is 5.81. The number of carbonyl (C=O) groups excluding carboxylic acids is 10. The Morgan fingerprint density at radius 3 is 0.946 bits per heavy atom. The minimum Gasteiger partial charge on any atom is -0.492 e. The first-order valence-electron chi connectivity index (χ1n) is 24.2. The third-order valence-corrected chi connectivity index (χ3v) is 10.7. The number of hydrazine groups is 2. The van der Waals surface area contributed by atoms with Crippen molar-refractivity contribution in [2.45, 2.75) is 105 Å². The molecule has 394 valence electrons. The monoisotopic (exact) mass is 1020 g/mol. The summed E-state index contributed by atoms with van der Waals surface area (Å²) in [6.45, 7) is 7.82. The van der Waals surface area contributed by atoms with Crippen molar-refractivity contribution in [3.05, 3.63) is 96.1 Å². The summed E-state index contributed by atoms with van der Waals surface area (Å²) in [5.74, 6) is -5.26. The van der Waals surface area contributed by atoms with Crippen LogP contribution in [0.1, 0.15) is 102 Å². The predicted molar refractivity (Wildman–Crippen MR) is 277 cm³/mol. The Morgan fingerprint density at radius 1 is 0.351 bits per heavy atom. The van der Waals surface area contributed by atoms with Crippen LogP contribution in [0.25, 0.3) is 0 Å². The van der Waals surface area contributed by atoms with Gasteiger partial charge in [0.25, 0.3) is 0 Å². The fourth-order valence-electron chi connectivity index (χ4n) is 6.78. The van der Waals surface area contributed by atoms with Crippen LogP contribution >= 0.6 is 0 Å². The lowest BCUT2D eigenvalue weighted by atomic mass is 10.1. The van der Waals surface area contributed by atoms with Gasteiger partial charge in [-0.1, -0.05) is 36.4 Å². The molecule has 0 aliphatic rings. The Kier molecular flexibility index (Phi) is 24.1. The zero-order valence-corrected chi connectivity index (χ0v) is 41.9. The van der Waals surface area contributed by atoms with Gasteiger partial charge in [-0.05, 0) is 126 Å². The second-order valence-electron chi connectivity index (χ2n) is 16.6. The molecule has 0 radical (unpaired) electrons. The molecule has 0 spiro atoms. The van der Waals surface area contributed by atoms with Crippen molar-refractivity contribution >= 4 is 93.2 Å². The molecule has 0 aliphatic heterocycles. The van der Waals surface area contributed by atoms with E-state index in [1.807, 2.05) is 0 Å². The third-order valence-electron chi connectivity index (χ3n) is 10.7. The van der Waals surface area contributed by atoms with E-state index in [1.54, 1.807) is 100 Å². The summed E-state index contributed by atoms with van der Waals surface area (Å²) in [7, 11) is 0. The van der Waals surface area contributed by atoms with Gasteiger partial charge in [-0.3, -0.25) is 69.6 Å². The Labute approximate surface area is 428 Å². The molecule has 0 saturated carbocycles. The van der Waals surface area contributed by atoms with Crippen LogP contribution < -0.4 is 63.1 Å². The number of ether oxygens (including phenoxy) is 2. The second-order valence-corrected chi connectivity index (χ2v) is 16.6. The highest BCUT2D eigenvalue weighted by Gasteiger charge is 2.20. The number of amides is 10. The average molecular weight is 1020 g/mol. The van der Waals surface area contributed by atoms with E-state index in [0.29, 0.717) is 108 Å². The van der Waals surface area contributed by atoms with Crippen molar-refractivity contribution in [3.8, 4) is 11.5 Å². The lowest BCUT2D eigenvalue weighted by molar-refractivity contribution is -0.133. The smallest absolute Gasteiger partial charge is 0.314 e. The van der Waals surface area contributed by atoms with Crippen molar-refractivity contribution < 1.29 is 57.4 Å². The number of benzene rings is 4. The Hall–Kier alpha value is -8.82. The number of hydrogen-bond donors (Lipinski definition) is 10. The van der Waals surface area contributed by atoms with Crippen LogP contribution in [0, 0.1) is 13.8 Å². The molecule has 0 unspecified atom stereocenters. The van der Waals surface area contributed by atoms with E-state index >= 15 is 0 Å². The molecule has 10 N–H and O–H groups in total. The fraction of sp³-hybridized carbons (Fsp3) is 0.346. The van der Waals surface area contributed by atoms with E-state index in [1.165, 1.54) is 12.1 Å². The van der Waals surface area contributed by atoms with E-state index in [-0.39, 0.29) is 50.3 Å². The molecule has 10 amide bonds. The molecular weight excluding hydrogens is 957 g/mol. The molecule has 0 aromatic heterocycles. The number of hydrogen-bond acceptors (Lipinski definition) is 12. The maximum absolute atomic E-state index is 12.7. The molecule has 4 aromatic carbocycles. The van der Waals surface area contributed by atoms with Gasteiger partial charge in [0, 0.05) is 61.3 Å². The van der Waals surface area contributed by atoms with Gasteiger partial charge >= 0.3 is 23.6 Å². The first-order chi connectivity index (χ1) is 35.5. The summed E-state index contributed by atoms with van der Waals surface area (Å²) in [6, 6.07) is 23.2. The lowest BCUT2D eigenvalue weighted by Crippen LogP contribution is -2.42. The van der Waals surface area contributed by atoms with Gasteiger partial charge in [0.15, 0.2) is 0 Å². The van der Waals surface area contributed by atoms with E-state index in [2.05, 4.69) is 53.6 Å². The number of unbranched alkanes of at least 4 members (excludes halogenated alkanes) is 3. The summed E-state index contributed by atoms with van der Waals surface area (Å²) in [5.41, 5.74) is 12.7. The molecule has 22 heteroatoms. The molecule has 0 atom stereocenters. The number of carbonyl (C=O) groups is 10. The molecule has 0 bridgehead atoms. The highest BCUT2D eigenvalue weighted by Crippen LogP contribution is 2.26. The topological polar surface area (TPSA) is 309 Å². The molecule has 0 aliphatic carbocycles. The van der Waals surface area contributed by atoms with Gasteiger partial charge in [0.05, 0.1) is 24.6 Å². The van der Waals surface area contributed by atoms with E-state index < -0.39 is 47.3 Å². The molecular formula is C52H64N10O12. The van der Waals surface area contributed by atoms with Gasteiger partial charge in [0.1, 0.15) is 11.5 Å². The summed E-state index contributed by atoms with van der Waals surface area (Å²) in [6.07, 6.45) is 2.43. The quantitative estimate of drug-likeness (QED) is 0.0214. The highest BCUT2D eigenvalue weighted by molar-refractivity contribution is 6.44. The zero-order valence-electron chi connectivity index (χ0n) is 41.9. The number of nitrogens with one attached hydrogen (secondary N) is 10. The minimum absolute atomic E-state index is 0.0280. The zero-order chi connectivity index (χ0) is 53.8. The average Bonchev–Trinajstić information content (AvgIpc) is 3.37. The van der Waals surface area contributed by atoms with Crippen LogP contribution in [0.15, 0.2) is 84.9 Å². The number of anilines is 6. The SMILES string of the molecule is CCOc1ccccc1NC(=O)C(=O)Nc1cc(NC(=O)CCCCC(=O)NNC(=O)CCCCC(=O)NNC(=O)CCCCC(=O)Nc2ccc(C)c(NC(=O)C(=O)Nc3ccccc3OCC)c2)ccc1C. The Morgan fingerprint density at radius 2 is 0.635 bits per heavy atom. The van der Waals surface area contributed by atoms with Crippen LogP contribution in [0.5, 0.6) is 11.5 Å². The van der Waals surface area contributed by atoms with Gasteiger partial charge < -0.3 is 41.4 Å². The van der Waals surface area contributed by atoms with E-state index in [0.717, 1.165) is 0 Å². The third kappa shape index (κ3) is 20.9. The number of aryl methyl sites for hydroxylation is 2. The van der Waals surface area contributed by atoms with Crippen molar-refractivity contribution in [2.75, 3.05) is 45.1 Å². The molecule has 0 heterocycles. The van der Waals surface area contributed by atoms with Gasteiger partial charge in [-0.15, -0.1) is 0 Å². The minimum atomic E-state index is -0.911. The Balaban J connectivity index is 1.00. The van der Waals surface area contributed by atoms with Crippen LogP contribution in [0.4, 0.5) is 34.1 Å². The first kappa shape index (κ1) is 57.8. The highest BCUT2D eigenvalue weighted by atomic mass is 16.5. The van der Waals surface area contributed by atoms with Crippen LogP contribution in [-0.2, 0) is 47.9 Å². The number of para-hydroxylation sites is 4. The second kappa shape index (κ2) is 30.8. The first-order valence-corrected chi connectivity index (χ1v) is 24.2. The lowest BCUT2D eigenvalue weighted by Gasteiger charge is -2.13. The molecule has 4 aromatic rings. The van der Waals surface area contributed by atoms with E-state index in [4.69, 9.17) is 9.47 Å². The molecule has 4 rings (SSSR count). The van der Waals surface area contributed by atoms with Crippen LogP contribution in [0.2, 0.25) is 0 Å². The van der Waals surface area contributed by atoms with Gasteiger partial charge in [-0.2, -0.15) is 0 Å². The molecule has 22 nitrogen and oxygen atoms in total. The number of rotatable bonds is 25. The fourth-order valence-corrected chi connectivity index (χ4v) is 6.78.